The molecule has 152 valence electrons. The first-order valence-electron chi connectivity index (χ1n) is 9.56. The number of halogens is 1. The molecule has 0 bridgehead atoms. The van der Waals surface area contributed by atoms with Crippen molar-refractivity contribution in [1.29, 1.82) is 0 Å². The van der Waals surface area contributed by atoms with Crippen LogP contribution in [0.15, 0.2) is 40.9 Å². The Morgan fingerprint density at radius 1 is 1.17 bits per heavy atom. The summed E-state index contributed by atoms with van der Waals surface area (Å²) in [6.07, 6.45) is 5.52. The highest BCUT2D eigenvalue weighted by atomic mass is 79.9. The lowest BCUT2D eigenvalue weighted by Crippen LogP contribution is -2.30. The molecule has 2 aliphatic rings. The van der Waals surface area contributed by atoms with E-state index >= 15 is 0 Å². The molecule has 2 unspecified atom stereocenters. The lowest BCUT2D eigenvalue weighted by atomic mass is 9.76. The molecule has 4 rings (SSSR count). The molecule has 0 amide bonds. The number of benzene rings is 2. The van der Waals surface area contributed by atoms with Crippen molar-refractivity contribution in [2.45, 2.75) is 25.3 Å². The molecule has 2 aromatic carbocycles. The summed E-state index contributed by atoms with van der Waals surface area (Å²) in [7, 11) is 4.69. The second kappa shape index (κ2) is 7.75. The van der Waals surface area contributed by atoms with Gasteiger partial charge < -0.3 is 19.5 Å². The molecule has 2 aromatic rings. The number of hydrogen-bond donors (Lipinski definition) is 1. The number of hydrogen-bond acceptors (Lipinski definition) is 5. The first-order chi connectivity index (χ1) is 14.0. The lowest BCUT2D eigenvalue weighted by molar-refractivity contribution is 0.0600. The minimum Gasteiger partial charge on any atom is -0.493 e. The van der Waals surface area contributed by atoms with Gasteiger partial charge in [0.1, 0.15) is 0 Å². The molecule has 1 heterocycles. The van der Waals surface area contributed by atoms with E-state index in [1.807, 2.05) is 19.1 Å². The monoisotopic (exact) mass is 457 g/mol. The highest BCUT2D eigenvalue weighted by molar-refractivity contribution is 9.10. The van der Waals surface area contributed by atoms with Gasteiger partial charge in [-0.2, -0.15) is 0 Å². The summed E-state index contributed by atoms with van der Waals surface area (Å²) in [6.45, 7) is 1.97. The zero-order valence-corrected chi connectivity index (χ0v) is 18.5. The number of ether oxygens (including phenoxy) is 3. The van der Waals surface area contributed by atoms with Crippen LogP contribution in [0.2, 0.25) is 0 Å². The third-order valence-electron chi connectivity index (χ3n) is 6.02. The third kappa shape index (κ3) is 3.19. The number of anilines is 1. The summed E-state index contributed by atoms with van der Waals surface area (Å²) < 4.78 is 16.8. The zero-order valence-electron chi connectivity index (χ0n) is 16.9. The number of carbonyl (C=O) groups is 1. The lowest BCUT2D eigenvalue weighted by Gasteiger charge is -2.39. The topological polar surface area (TPSA) is 56.8 Å². The number of rotatable bonds is 4. The van der Waals surface area contributed by atoms with Crippen molar-refractivity contribution in [1.82, 2.24) is 0 Å². The van der Waals surface area contributed by atoms with Crippen molar-refractivity contribution in [2.75, 3.05) is 26.6 Å². The van der Waals surface area contributed by atoms with E-state index in [2.05, 4.69) is 45.5 Å². The highest BCUT2D eigenvalue weighted by Crippen LogP contribution is 2.52. The van der Waals surface area contributed by atoms with Gasteiger partial charge >= 0.3 is 5.97 Å². The van der Waals surface area contributed by atoms with Crippen LogP contribution < -0.4 is 14.8 Å². The Bertz CT molecular complexity index is 1000. The van der Waals surface area contributed by atoms with Gasteiger partial charge in [0.25, 0.3) is 0 Å². The van der Waals surface area contributed by atoms with Gasteiger partial charge in [-0.05, 0) is 70.1 Å². The molecule has 29 heavy (non-hydrogen) atoms. The smallest absolute Gasteiger partial charge is 0.338 e. The Balaban J connectivity index is 1.83. The maximum Gasteiger partial charge on any atom is 0.338 e. The van der Waals surface area contributed by atoms with Gasteiger partial charge in [0.05, 0.1) is 37.4 Å². The van der Waals surface area contributed by atoms with Crippen LogP contribution in [0.4, 0.5) is 5.69 Å². The number of fused-ring (bicyclic) bond motifs is 3. The number of methoxy groups -OCH3 is 3. The SMILES string of the molecule is COC(=O)c1ccc2c(c1C)N[C@H](c1cc(Br)c(OC)c(OC)c1)C1CC=CC21. The Morgan fingerprint density at radius 3 is 2.66 bits per heavy atom. The Labute approximate surface area is 179 Å². The molecule has 0 spiro atoms. The molecular weight excluding hydrogens is 434 g/mol. The second-order valence-electron chi connectivity index (χ2n) is 7.41. The molecule has 0 radical (unpaired) electrons. The summed E-state index contributed by atoms with van der Waals surface area (Å²) in [4.78, 5) is 12.2. The standard InChI is InChI=1S/C23H24BrNO4/c1-12-14(23(26)29-4)8-9-17-15-6-5-7-16(15)21(25-20(12)17)13-10-18(24)22(28-3)19(11-13)27-2/h5-6,8-11,15-16,21,25H,7H2,1-4H3/t15?,16?,21-/m1/s1. The molecular formula is C23H24BrNO4. The average Bonchev–Trinajstić information content (AvgIpc) is 3.22. The van der Waals surface area contributed by atoms with Gasteiger partial charge in [0, 0.05) is 11.6 Å². The van der Waals surface area contributed by atoms with Crippen LogP contribution in [-0.4, -0.2) is 27.3 Å². The minimum atomic E-state index is -0.318. The maximum atomic E-state index is 12.2. The van der Waals surface area contributed by atoms with Gasteiger partial charge in [0.2, 0.25) is 0 Å². The van der Waals surface area contributed by atoms with Gasteiger partial charge in [0.15, 0.2) is 11.5 Å². The number of allylic oxidation sites excluding steroid dienone is 2. The summed E-state index contributed by atoms with van der Waals surface area (Å²) in [5.74, 6) is 1.73. The van der Waals surface area contributed by atoms with Crippen LogP contribution in [0.25, 0.3) is 0 Å². The largest absolute Gasteiger partial charge is 0.493 e. The molecule has 0 aromatic heterocycles. The van der Waals surface area contributed by atoms with Crippen molar-refractivity contribution in [3.8, 4) is 11.5 Å². The Kier molecular flexibility index (Phi) is 5.30. The van der Waals surface area contributed by atoms with Gasteiger partial charge in [-0.15, -0.1) is 0 Å². The van der Waals surface area contributed by atoms with E-state index in [9.17, 15) is 4.79 Å². The van der Waals surface area contributed by atoms with Gasteiger partial charge in [-0.3, -0.25) is 0 Å². The Hall–Kier alpha value is -2.47. The third-order valence-corrected chi connectivity index (χ3v) is 6.61. The normalized spacial score (nSPS) is 21.8. The fraction of sp³-hybridized carbons (Fsp3) is 0.348. The summed E-state index contributed by atoms with van der Waals surface area (Å²) in [5, 5.41) is 3.72. The zero-order chi connectivity index (χ0) is 20.7. The molecule has 3 atom stereocenters. The van der Waals surface area contributed by atoms with Crippen LogP contribution in [-0.2, 0) is 4.74 Å². The molecule has 6 heteroatoms. The van der Waals surface area contributed by atoms with E-state index in [0.717, 1.165) is 27.7 Å². The first-order valence-corrected chi connectivity index (χ1v) is 10.4. The first kappa shape index (κ1) is 19.8. The van der Waals surface area contributed by atoms with E-state index in [1.165, 1.54) is 12.7 Å². The quantitative estimate of drug-likeness (QED) is 0.492. The predicted molar refractivity (Wildman–Crippen MR) is 116 cm³/mol. The van der Waals surface area contributed by atoms with Gasteiger partial charge in [-0.1, -0.05) is 18.2 Å². The molecule has 1 aliphatic heterocycles. The van der Waals surface area contributed by atoms with Crippen LogP contribution in [0.3, 0.4) is 0 Å². The van der Waals surface area contributed by atoms with Crippen LogP contribution in [0, 0.1) is 12.8 Å². The minimum absolute atomic E-state index is 0.0743. The predicted octanol–water partition coefficient (Wildman–Crippen LogP) is 5.39. The summed E-state index contributed by atoms with van der Waals surface area (Å²) in [6, 6.07) is 8.11. The van der Waals surface area contributed by atoms with Crippen LogP contribution in [0.5, 0.6) is 11.5 Å². The van der Waals surface area contributed by atoms with E-state index < -0.39 is 0 Å². The molecule has 5 nitrogen and oxygen atoms in total. The van der Waals surface area contributed by atoms with Crippen molar-refractivity contribution >= 4 is 27.6 Å². The Morgan fingerprint density at radius 2 is 1.97 bits per heavy atom. The van der Waals surface area contributed by atoms with Crippen molar-refractivity contribution < 1.29 is 19.0 Å². The van der Waals surface area contributed by atoms with Crippen LogP contribution in [0.1, 0.15) is 45.4 Å². The number of nitrogens with one attached hydrogen (secondary N) is 1. The average molecular weight is 458 g/mol. The second-order valence-corrected chi connectivity index (χ2v) is 8.26. The maximum absolute atomic E-state index is 12.2. The molecule has 1 N–H and O–H groups in total. The summed E-state index contributed by atoms with van der Waals surface area (Å²) >= 11 is 3.61. The van der Waals surface area contributed by atoms with Crippen molar-refractivity contribution in [2.24, 2.45) is 5.92 Å². The van der Waals surface area contributed by atoms with Crippen molar-refractivity contribution in [3.63, 3.8) is 0 Å². The van der Waals surface area contributed by atoms with Crippen molar-refractivity contribution in [3.05, 3.63) is 63.1 Å². The number of esters is 1. The van der Waals surface area contributed by atoms with E-state index in [1.54, 1.807) is 14.2 Å². The fourth-order valence-electron chi connectivity index (χ4n) is 4.59. The van der Waals surface area contributed by atoms with E-state index in [-0.39, 0.29) is 12.0 Å². The van der Waals surface area contributed by atoms with E-state index in [0.29, 0.717) is 28.9 Å². The van der Waals surface area contributed by atoms with E-state index in [4.69, 9.17) is 14.2 Å². The number of carbonyl (C=O) groups excluding carboxylic acids is 1. The molecule has 0 saturated carbocycles. The molecule has 0 fully saturated rings. The fourth-order valence-corrected chi connectivity index (χ4v) is 5.21. The van der Waals surface area contributed by atoms with Gasteiger partial charge in [-0.25, -0.2) is 4.79 Å². The molecule has 1 aliphatic carbocycles. The summed E-state index contributed by atoms with van der Waals surface area (Å²) in [5.41, 5.74) is 4.85. The molecule has 0 saturated heterocycles. The van der Waals surface area contributed by atoms with Crippen LogP contribution >= 0.6 is 15.9 Å². The highest BCUT2D eigenvalue weighted by Gasteiger charge is 2.39.